The van der Waals surface area contributed by atoms with Crippen molar-refractivity contribution < 1.29 is 14.3 Å². The highest BCUT2D eigenvalue weighted by molar-refractivity contribution is 7.15. The molecule has 1 amide bonds. The van der Waals surface area contributed by atoms with E-state index in [9.17, 15) is 9.59 Å². The highest BCUT2D eigenvalue weighted by Crippen LogP contribution is 2.23. The molecule has 2 heterocycles. The summed E-state index contributed by atoms with van der Waals surface area (Å²) in [6.07, 6.45) is 1.41. The van der Waals surface area contributed by atoms with Gasteiger partial charge in [-0.1, -0.05) is 0 Å². The van der Waals surface area contributed by atoms with E-state index in [0.29, 0.717) is 30.4 Å². The number of nitrogens with zero attached hydrogens (tertiary/aromatic N) is 1. The third kappa shape index (κ3) is 3.44. The van der Waals surface area contributed by atoms with Gasteiger partial charge in [0.25, 0.3) is 0 Å². The minimum atomic E-state index is -0.390. The lowest BCUT2D eigenvalue weighted by atomic mass is 10.2. The maximum Gasteiger partial charge on any atom is 0.358 e. The van der Waals surface area contributed by atoms with Gasteiger partial charge in [0.2, 0.25) is 5.91 Å². The molecule has 0 spiro atoms. The summed E-state index contributed by atoms with van der Waals surface area (Å²) in [6, 6.07) is 0.141. The molecule has 2 N–H and O–H groups in total. The highest BCUT2D eigenvalue weighted by Gasteiger charge is 2.21. The van der Waals surface area contributed by atoms with Crippen molar-refractivity contribution >= 4 is 28.3 Å². The first kappa shape index (κ1) is 13.8. The number of ether oxygens (including phenoxy) is 1. The van der Waals surface area contributed by atoms with E-state index in [-0.39, 0.29) is 11.9 Å². The van der Waals surface area contributed by atoms with Crippen molar-refractivity contribution in [2.45, 2.75) is 32.7 Å². The highest BCUT2D eigenvalue weighted by atomic mass is 32.1. The van der Waals surface area contributed by atoms with Crippen LogP contribution in [0.3, 0.4) is 0 Å². The Bertz CT molecular complexity index is 487. The minimum Gasteiger partial charge on any atom is -0.461 e. The van der Waals surface area contributed by atoms with Crippen LogP contribution < -0.4 is 10.6 Å². The lowest BCUT2D eigenvalue weighted by Gasteiger charge is -2.09. The number of hydrogen-bond donors (Lipinski definition) is 2. The molecule has 1 aromatic rings. The summed E-state index contributed by atoms with van der Waals surface area (Å²) in [5.74, 6) is -0.298. The van der Waals surface area contributed by atoms with E-state index in [1.54, 1.807) is 6.92 Å². The Morgan fingerprint density at radius 3 is 3.05 bits per heavy atom. The fraction of sp³-hybridized carbons (Fsp3) is 0.583. The summed E-state index contributed by atoms with van der Waals surface area (Å²) < 4.78 is 4.93. The van der Waals surface area contributed by atoms with Gasteiger partial charge in [0.05, 0.1) is 6.61 Å². The van der Waals surface area contributed by atoms with E-state index in [0.717, 1.165) is 11.3 Å². The number of rotatable bonds is 5. The zero-order valence-electron chi connectivity index (χ0n) is 11.0. The topological polar surface area (TPSA) is 80.3 Å². The van der Waals surface area contributed by atoms with Gasteiger partial charge in [-0.15, -0.1) is 11.3 Å². The summed E-state index contributed by atoms with van der Waals surface area (Å²) in [6.45, 7) is 4.57. The van der Waals surface area contributed by atoms with Crippen molar-refractivity contribution in [1.82, 2.24) is 10.3 Å². The summed E-state index contributed by atoms with van der Waals surface area (Å²) >= 11 is 1.42. The molecule has 1 atom stereocenters. The molecule has 1 aliphatic heterocycles. The number of amides is 1. The molecule has 1 saturated heterocycles. The number of hydrogen-bond acceptors (Lipinski definition) is 6. The van der Waals surface area contributed by atoms with Crippen LogP contribution in [-0.4, -0.2) is 36.1 Å². The Morgan fingerprint density at radius 1 is 1.63 bits per heavy atom. The maximum absolute atomic E-state index is 11.6. The molecule has 0 bridgehead atoms. The van der Waals surface area contributed by atoms with E-state index < -0.39 is 5.97 Å². The number of aromatic nitrogens is 1. The Hall–Kier alpha value is -1.63. The first-order valence-corrected chi connectivity index (χ1v) is 7.09. The molecule has 0 radical (unpaired) electrons. The van der Waals surface area contributed by atoms with Crippen LogP contribution in [0.5, 0.6) is 0 Å². The van der Waals surface area contributed by atoms with Gasteiger partial charge in [-0.25, -0.2) is 9.78 Å². The van der Waals surface area contributed by atoms with E-state index in [1.165, 1.54) is 11.3 Å². The van der Waals surface area contributed by atoms with Gasteiger partial charge >= 0.3 is 5.97 Å². The van der Waals surface area contributed by atoms with Gasteiger partial charge in [0.1, 0.15) is 0 Å². The third-order valence-electron chi connectivity index (χ3n) is 2.85. The Labute approximate surface area is 115 Å². The van der Waals surface area contributed by atoms with E-state index in [2.05, 4.69) is 15.6 Å². The maximum atomic E-state index is 11.6. The van der Waals surface area contributed by atoms with Gasteiger partial charge in [-0.2, -0.15) is 0 Å². The van der Waals surface area contributed by atoms with Crippen LogP contribution in [-0.2, 0) is 9.53 Å². The number of carbonyl (C=O) groups is 2. The van der Waals surface area contributed by atoms with Crippen molar-refractivity contribution in [3.8, 4) is 0 Å². The molecule has 0 aliphatic carbocycles. The van der Waals surface area contributed by atoms with Crippen LogP contribution in [0.4, 0.5) is 5.13 Å². The van der Waals surface area contributed by atoms with E-state index >= 15 is 0 Å². The Kier molecular flexibility index (Phi) is 4.36. The van der Waals surface area contributed by atoms with E-state index in [4.69, 9.17) is 4.74 Å². The normalized spacial score (nSPS) is 18.2. The van der Waals surface area contributed by atoms with Crippen molar-refractivity contribution in [3.63, 3.8) is 0 Å². The van der Waals surface area contributed by atoms with Crippen LogP contribution >= 0.6 is 11.3 Å². The number of carbonyl (C=O) groups excluding carboxylic acids is 2. The van der Waals surface area contributed by atoms with Gasteiger partial charge in [-0.3, -0.25) is 4.79 Å². The van der Waals surface area contributed by atoms with Crippen LogP contribution in [0.1, 0.15) is 35.1 Å². The van der Waals surface area contributed by atoms with Gasteiger partial charge in [-0.05, 0) is 20.3 Å². The molecule has 104 valence electrons. The quantitative estimate of drug-likeness (QED) is 0.797. The average Bonchev–Trinajstić information content (AvgIpc) is 2.93. The second kappa shape index (κ2) is 6.01. The lowest BCUT2D eigenvalue weighted by molar-refractivity contribution is -0.119. The minimum absolute atomic E-state index is 0.0920. The molecular formula is C12H17N3O3S. The predicted octanol–water partition coefficient (Wildman–Crippen LogP) is 1.32. The van der Waals surface area contributed by atoms with Crippen molar-refractivity contribution in [3.05, 3.63) is 10.6 Å². The molecule has 1 fully saturated rings. The summed E-state index contributed by atoms with van der Waals surface area (Å²) in [5.41, 5.74) is 0.366. The first-order chi connectivity index (χ1) is 9.10. The molecular weight excluding hydrogens is 266 g/mol. The van der Waals surface area contributed by atoms with Gasteiger partial charge in [0, 0.05) is 23.9 Å². The molecule has 1 aliphatic rings. The zero-order valence-corrected chi connectivity index (χ0v) is 11.8. The third-order valence-corrected chi connectivity index (χ3v) is 3.78. The second-order valence-corrected chi connectivity index (χ2v) is 5.53. The molecule has 19 heavy (non-hydrogen) atoms. The van der Waals surface area contributed by atoms with Crippen molar-refractivity contribution in [2.75, 3.05) is 18.5 Å². The molecule has 1 aromatic heterocycles. The summed E-state index contributed by atoms with van der Waals surface area (Å²) in [4.78, 5) is 27.7. The SMILES string of the molecule is CCOC(=O)c1nc(NCC2CCC(=O)N2)sc1C. The van der Waals surface area contributed by atoms with Crippen LogP contribution in [0.25, 0.3) is 0 Å². The van der Waals surface area contributed by atoms with Gasteiger partial charge < -0.3 is 15.4 Å². The average molecular weight is 283 g/mol. The predicted molar refractivity (Wildman–Crippen MR) is 72.5 cm³/mol. The monoisotopic (exact) mass is 283 g/mol. The van der Waals surface area contributed by atoms with Crippen molar-refractivity contribution in [1.29, 1.82) is 0 Å². The Balaban J connectivity index is 1.92. The first-order valence-electron chi connectivity index (χ1n) is 6.28. The largest absolute Gasteiger partial charge is 0.461 e. The van der Waals surface area contributed by atoms with Crippen molar-refractivity contribution in [2.24, 2.45) is 0 Å². The molecule has 0 saturated carbocycles. The zero-order chi connectivity index (χ0) is 13.8. The number of esters is 1. The molecule has 1 unspecified atom stereocenters. The van der Waals surface area contributed by atoms with Crippen LogP contribution in [0.2, 0.25) is 0 Å². The number of aryl methyl sites for hydroxylation is 1. The van der Waals surface area contributed by atoms with Crippen LogP contribution in [0, 0.1) is 6.92 Å². The number of anilines is 1. The second-order valence-electron chi connectivity index (χ2n) is 4.33. The molecule has 6 nitrogen and oxygen atoms in total. The lowest BCUT2D eigenvalue weighted by Crippen LogP contribution is -2.31. The smallest absolute Gasteiger partial charge is 0.358 e. The standard InChI is InChI=1S/C12H17N3O3S/c1-3-18-11(17)10-7(2)19-12(15-10)13-6-8-4-5-9(16)14-8/h8H,3-6H2,1-2H3,(H,13,15)(H,14,16). The number of nitrogens with one attached hydrogen (secondary N) is 2. The Morgan fingerprint density at radius 2 is 2.42 bits per heavy atom. The molecule has 2 rings (SSSR count). The fourth-order valence-corrected chi connectivity index (χ4v) is 2.71. The number of thiazole rings is 1. The van der Waals surface area contributed by atoms with Crippen LogP contribution in [0.15, 0.2) is 0 Å². The fourth-order valence-electron chi connectivity index (χ4n) is 1.90. The van der Waals surface area contributed by atoms with E-state index in [1.807, 2.05) is 6.92 Å². The molecule has 7 heteroatoms. The molecule has 0 aromatic carbocycles. The van der Waals surface area contributed by atoms with Gasteiger partial charge in [0.15, 0.2) is 10.8 Å². The summed E-state index contributed by atoms with van der Waals surface area (Å²) in [5, 5.41) is 6.70. The summed E-state index contributed by atoms with van der Waals surface area (Å²) in [7, 11) is 0.